The lowest BCUT2D eigenvalue weighted by Crippen LogP contribution is -2.52. The Morgan fingerprint density at radius 2 is 1.72 bits per heavy atom. The van der Waals surface area contributed by atoms with Crippen molar-refractivity contribution in [2.75, 3.05) is 26.4 Å². The molecule has 1 unspecified atom stereocenters. The van der Waals surface area contributed by atoms with E-state index in [9.17, 15) is 0 Å². The molecular formula is C21H31Cl2N4O2+. The van der Waals surface area contributed by atoms with Gasteiger partial charge in [0.15, 0.2) is 6.54 Å². The first-order chi connectivity index (χ1) is 13.6. The minimum atomic E-state index is -0.248. The molecule has 0 N–H and O–H groups in total. The van der Waals surface area contributed by atoms with Crippen LogP contribution >= 0.6 is 23.2 Å². The van der Waals surface area contributed by atoms with Gasteiger partial charge < -0.3 is 9.47 Å². The van der Waals surface area contributed by atoms with Crippen molar-refractivity contribution < 1.29 is 14.2 Å². The zero-order chi connectivity index (χ0) is 21.0. The molecule has 0 radical (unpaired) electrons. The zero-order valence-electron chi connectivity index (χ0n) is 17.9. The predicted octanol–water partition coefficient (Wildman–Crippen LogP) is 4.09. The van der Waals surface area contributed by atoms with Gasteiger partial charge in [0, 0.05) is 12.0 Å². The van der Waals surface area contributed by atoms with Gasteiger partial charge in [0.1, 0.15) is 16.8 Å². The van der Waals surface area contributed by atoms with Gasteiger partial charge in [-0.3, -0.25) is 4.68 Å². The maximum absolute atomic E-state index is 6.77. The molecule has 4 rings (SSSR count). The van der Waals surface area contributed by atoms with Gasteiger partial charge in [0.05, 0.1) is 48.2 Å². The topological polar surface area (TPSA) is 45.1 Å². The second-order valence-electron chi connectivity index (χ2n) is 9.90. The Hall–Kier alpha value is -1.08. The van der Waals surface area contributed by atoms with E-state index in [1.165, 1.54) is 0 Å². The molecule has 4 heterocycles. The average Bonchev–Trinajstić information content (AvgIpc) is 3.24. The van der Waals surface area contributed by atoms with E-state index in [0.717, 1.165) is 36.0 Å². The van der Waals surface area contributed by atoms with E-state index in [1.54, 1.807) is 6.20 Å². The fraction of sp³-hybridized carbons (Fsp3) is 0.714. The third-order valence-corrected chi connectivity index (χ3v) is 6.43. The molecule has 2 aliphatic heterocycles. The van der Waals surface area contributed by atoms with Crippen molar-refractivity contribution in [3.8, 4) is 0 Å². The number of hydrogen-bond donors (Lipinski definition) is 0. The first-order valence-electron chi connectivity index (χ1n) is 10.3. The van der Waals surface area contributed by atoms with Crippen LogP contribution in [0.4, 0.5) is 0 Å². The number of nitrogens with zero attached hydrogens (tertiary/aromatic N) is 4. The first kappa shape index (κ1) is 21.2. The van der Waals surface area contributed by atoms with Crippen molar-refractivity contribution in [2.45, 2.75) is 70.5 Å². The maximum atomic E-state index is 6.77. The normalized spacial score (nSPS) is 21.0. The number of halogens is 2. The maximum Gasteiger partial charge on any atom is 0.214 e. The van der Waals surface area contributed by atoms with Crippen LogP contribution in [0.1, 0.15) is 64.5 Å². The minimum absolute atomic E-state index is 0.0717. The molecule has 0 aromatic carbocycles. The third-order valence-electron chi connectivity index (χ3n) is 5.87. The molecule has 2 saturated heterocycles. The molecule has 6 nitrogen and oxygen atoms in total. The summed E-state index contributed by atoms with van der Waals surface area (Å²) in [4.78, 5) is 0. The minimum Gasteiger partial charge on any atom is -0.379 e. The van der Waals surface area contributed by atoms with E-state index < -0.39 is 0 Å². The predicted molar refractivity (Wildman–Crippen MR) is 113 cm³/mol. The Bertz CT molecular complexity index is 887. The molecule has 0 amide bonds. The summed E-state index contributed by atoms with van der Waals surface area (Å²) < 4.78 is 17.8. The van der Waals surface area contributed by atoms with Crippen LogP contribution in [0.5, 0.6) is 0 Å². The second kappa shape index (κ2) is 7.56. The van der Waals surface area contributed by atoms with Crippen LogP contribution in [0.15, 0.2) is 12.4 Å². The molecule has 2 aromatic heterocycles. The molecule has 0 spiro atoms. The largest absolute Gasteiger partial charge is 0.379 e. The Morgan fingerprint density at radius 3 is 2.28 bits per heavy atom. The van der Waals surface area contributed by atoms with Gasteiger partial charge >= 0.3 is 0 Å². The van der Waals surface area contributed by atoms with Crippen LogP contribution in [-0.2, 0) is 26.8 Å². The van der Waals surface area contributed by atoms with Gasteiger partial charge in [-0.15, -0.1) is 4.68 Å². The zero-order valence-corrected chi connectivity index (χ0v) is 19.4. The summed E-state index contributed by atoms with van der Waals surface area (Å²) in [6, 6.07) is 0.540. The molecule has 160 valence electrons. The second-order valence-corrected chi connectivity index (χ2v) is 10.7. The monoisotopic (exact) mass is 441 g/mol. The Labute approximate surface area is 182 Å². The molecule has 2 aromatic rings. The summed E-state index contributed by atoms with van der Waals surface area (Å²) in [5.74, 6) is 0. The summed E-state index contributed by atoms with van der Waals surface area (Å²) in [7, 11) is 0. The van der Waals surface area contributed by atoms with E-state index in [4.69, 9.17) is 32.7 Å². The molecule has 2 fully saturated rings. The van der Waals surface area contributed by atoms with E-state index in [0.29, 0.717) is 24.8 Å². The highest BCUT2D eigenvalue weighted by atomic mass is 35.5. The highest BCUT2D eigenvalue weighted by Gasteiger charge is 2.41. The van der Waals surface area contributed by atoms with Gasteiger partial charge in [-0.05, 0) is 20.3 Å². The number of ether oxygens (including phenoxy) is 2. The van der Waals surface area contributed by atoms with Gasteiger partial charge in [0.25, 0.3) is 0 Å². The number of rotatable bonds is 5. The highest BCUT2D eigenvalue weighted by Crippen LogP contribution is 2.36. The summed E-state index contributed by atoms with van der Waals surface area (Å²) in [5.41, 5.74) is 1.88. The van der Waals surface area contributed by atoms with Crippen molar-refractivity contribution in [1.82, 2.24) is 14.5 Å². The molecule has 8 heteroatoms. The summed E-state index contributed by atoms with van der Waals surface area (Å²) >= 11 is 13.4. The molecule has 0 aliphatic carbocycles. The first-order valence-corrected chi connectivity index (χ1v) is 11.0. The smallest absolute Gasteiger partial charge is 0.214 e. The average molecular weight is 442 g/mol. The van der Waals surface area contributed by atoms with Crippen molar-refractivity contribution in [1.29, 1.82) is 0 Å². The van der Waals surface area contributed by atoms with Crippen LogP contribution < -0.4 is 4.68 Å². The van der Waals surface area contributed by atoms with Gasteiger partial charge in [0.2, 0.25) is 6.20 Å². The van der Waals surface area contributed by atoms with E-state index >= 15 is 0 Å². The molecule has 0 bridgehead atoms. The highest BCUT2D eigenvalue weighted by molar-refractivity contribution is 6.31. The van der Waals surface area contributed by atoms with E-state index in [2.05, 4.69) is 55.3 Å². The molecule has 1 atom stereocenters. The molecule has 0 saturated carbocycles. The lowest BCUT2D eigenvalue weighted by molar-refractivity contribution is -0.784. The summed E-state index contributed by atoms with van der Waals surface area (Å²) in [6.07, 6.45) is 4.80. The van der Waals surface area contributed by atoms with Crippen LogP contribution in [0.25, 0.3) is 0 Å². The van der Waals surface area contributed by atoms with Crippen LogP contribution in [0.2, 0.25) is 10.0 Å². The van der Waals surface area contributed by atoms with E-state index in [-0.39, 0.29) is 22.9 Å². The fourth-order valence-corrected chi connectivity index (χ4v) is 5.39. The Morgan fingerprint density at radius 1 is 1.03 bits per heavy atom. The fourth-order valence-electron chi connectivity index (χ4n) is 4.52. The summed E-state index contributed by atoms with van der Waals surface area (Å²) in [6.45, 7) is 14.7. The summed E-state index contributed by atoms with van der Waals surface area (Å²) in [5, 5.41) is 6.05. The van der Waals surface area contributed by atoms with Gasteiger partial charge in [-0.1, -0.05) is 44.0 Å². The third kappa shape index (κ3) is 3.85. The Balaban J connectivity index is 1.75. The standard InChI is InChI=1S/C21H31Cl2N4O2/c1-20(2,3)18-17(23)9-25(27(18)14-6-7-28-10-14)13-21(4,5)19-16(22)8-24-26(19)15-11-29-12-15/h8-9,14-15H,6-7,10-13H2,1-5H3/q+1. The van der Waals surface area contributed by atoms with E-state index in [1.807, 2.05) is 4.68 Å². The Kier molecular flexibility index (Phi) is 5.52. The van der Waals surface area contributed by atoms with Gasteiger partial charge in [-0.2, -0.15) is 9.78 Å². The molecular weight excluding hydrogens is 411 g/mol. The quantitative estimate of drug-likeness (QED) is 0.656. The van der Waals surface area contributed by atoms with Crippen molar-refractivity contribution >= 4 is 23.2 Å². The van der Waals surface area contributed by atoms with Crippen molar-refractivity contribution in [3.05, 3.63) is 33.8 Å². The van der Waals surface area contributed by atoms with Crippen LogP contribution in [0, 0.1) is 0 Å². The lowest BCUT2D eigenvalue weighted by atomic mass is 9.88. The van der Waals surface area contributed by atoms with Crippen LogP contribution in [-0.4, -0.2) is 40.9 Å². The molecule has 2 aliphatic rings. The van der Waals surface area contributed by atoms with Crippen LogP contribution in [0.3, 0.4) is 0 Å². The van der Waals surface area contributed by atoms with Gasteiger partial charge in [-0.25, -0.2) is 0 Å². The van der Waals surface area contributed by atoms with Crippen molar-refractivity contribution in [3.63, 3.8) is 0 Å². The SMILES string of the molecule is CC(C)(C)c1c(Cl)c[n+](CC(C)(C)c2c(Cl)cnn2C2COC2)n1C1CCOC1. The number of hydrogen-bond acceptors (Lipinski definition) is 3. The molecule has 29 heavy (non-hydrogen) atoms. The number of aromatic nitrogens is 4. The lowest BCUT2D eigenvalue weighted by Gasteiger charge is -2.32. The van der Waals surface area contributed by atoms with Crippen molar-refractivity contribution in [2.24, 2.45) is 0 Å².